The number of nitrogens with zero attached hydrogens (tertiary/aromatic N) is 5. The molecule has 104 valence electrons. The average molecular weight is 266 g/mol. The van der Waals surface area contributed by atoms with E-state index in [0.717, 1.165) is 6.54 Å². The van der Waals surface area contributed by atoms with Crippen LogP contribution in [0.5, 0.6) is 0 Å². The van der Waals surface area contributed by atoms with Crippen LogP contribution in [0.2, 0.25) is 0 Å². The Bertz CT molecular complexity index is 590. The van der Waals surface area contributed by atoms with Gasteiger partial charge in [0.25, 0.3) is 5.56 Å². The molecule has 0 amide bonds. The molecule has 0 unspecified atom stereocenters. The first-order chi connectivity index (χ1) is 9.24. The molecule has 0 aliphatic carbocycles. The van der Waals surface area contributed by atoms with Gasteiger partial charge in [-0.25, -0.2) is 9.36 Å². The number of fused-ring (bicyclic) bond motifs is 1. The van der Waals surface area contributed by atoms with E-state index in [-0.39, 0.29) is 5.56 Å². The van der Waals surface area contributed by atoms with E-state index in [1.807, 2.05) is 6.92 Å². The van der Waals surface area contributed by atoms with Gasteiger partial charge < -0.3 is 10.1 Å². The summed E-state index contributed by atoms with van der Waals surface area (Å²) in [6.45, 7) is 5.21. The van der Waals surface area contributed by atoms with Gasteiger partial charge in [-0.1, -0.05) is 5.21 Å². The molecule has 0 saturated heterocycles. The maximum absolute atomic E-state index is 12.1. The molecular formula is C11H18N6O2. The molecule has 2 heterocycles. The van der Waals surface area contributed by atoms with E-state index in [2.05, 4.69) is 20.7 Å². The number of nitrogens with one attached hydrogen (secondary N) is 1. The number of aryl methyl sites for hydroxylation is 1. The smallest absolute Gasteiger partial charge is 0.280 e. The van der Waals surface area contributed by atoms with E-state index in [4.69, 9.17) is 4.74 Å². The molecule has 0 saturated carbocycles. The van der Waals surface area contributed by atoms with Gasteiger partial charge in [0.15, 0.2) is 5.65 Å². The van der Waals surface area contributed by atoms with Gasteiger partial charge in [-0.2, -0.15) is 5.10 Å². The fourth-order valence-corrected chi connectivity index (χ4v) is 1.72. The summed E-state index contributed by atoms with van der Waals surface area (Å²) in [5.74, 6) is 0. The second-order valence-corrected chi connectivity index (χ2v) is 4.07. The molecule has 0 bridgehead atoms. The van der Waals surface area contributed by atoms with Crippen LogP contribution in [0.1, 0.15) is 6.92 Å². The first-order valence-corrected chi connectivity index (χ1v) is 6.28. The van der Waals surface area contributed by atoms with Gasteiger partial charge >= 0.3 is 0 Å². The molecule has 0 aromatic carbocycles. The van der Waals surface area contributed by atoms with E-state index in [0.29, 0.717) is 37.3 Å². The lowest BCUT2D eigenvalue weighted by atomic mass is 10.4. The van der Waals surface area contributed by atoms with E-state index in [1.54, 1.807) is 7.05 Å². The van der Waals surface area contributed by atoms with E-state index >= 15 is 0 Å². The van der Waals surface area contributed by atoms with Crippen molar-refractivity contribution in [2.75, 3.05) is 26.3 Å². The Balaban J connectivity index is 1.94. The minimum atomic E-state index is -0.162. The highest BCUT2D eigenvalue weighted by molar-refractivity contribution is 5.72. The maximum Gasteiger partial charge on any atom is 0.280 e. The van der Waals surface area contributed by atoms with Crippen molar-refractivity contribution >= 4 is 11.0 Å². The van der Waals surface area contributed by atoms with Crippen LogP contribution in [0.4, 0.5) is 0 Å². The summed E-state index contributed by atoms with van der Waals surface area (Å²) in [6, 6.07) is 0. The van der Waals surface area contributed by atoms with Gasteiger partial charge in [0.2, 0.25) is 0 Å². The van der Waals surface area contributed by atoms with E-state index in [9.17, 15) is 4.79 Å². The molecule has 0 spiro atoms. The van der Waals surface area contributed by atoms with Crippen LogP contribution >= 0.6 is 0 Å². The minimum Gasteiger partial charge on any atom is -0.380 e. The van der Waals surface area contributed by atoms with Crippen LogP contribution in [0.25, 0.3) is 11.0 Å². The molecule has 0 radical (unpaired) electrons. The molecule has 0 atom stereocenters. The first-order valence-electron chi connectivity index (χ1n) is 6.28. The molecular weight excluding hydrogens is 248 g/mol. The van der Waals surface area contributed by atoms with Crippen LogP contribution in [-0.2, 0) is 18.3 Å². The number of rotatable bonds is 7. The quantitative estimate of drug-likeness (QED) is 0.657. The zero-order valence-electron chi connectivity index (χ0n) is 11.2. The predicted octanol–water partition coefficient (Wildman–Crippen LogP) is -0.849. The van der Waals surface area contributed by atoms with Crippen molar-refractivity contribution in [1.82, 2.24) is 30.1 Å². The minimum absolute atomic E-state index is 0.162. The standard InChI is InChI=1S/C11H18N6O2/c1-3-19-7-5-12-4-6-17-11(18)9-8-13-16(2)10(9)14-15-17/h8,12H,3-7H2,1-2H3. The first kappa shape index (κ1) is 13.6. The van der Waals surface area contributed by atoms with Gasteiger partial charge in [0, 0.05) is 26.7 Å². The van der Waals surface area contributed by atoms with Crippen molar-refractivity contribution in [2.45, 2.75) is 13.5 Å². The Labute approximate surface area is 110 Å². The lowest BCUT2D eigenvalue weighted by molar-refractivity contribution is 0.149. The summed E-state index contributed by atoms with van der Waals surface area (Å²) in [4.78, 5) is 12.1. The van der Waals surface area contributed by atoms with Crippen LogP contribution in [-0.4, -0.2) is 51.1 Å². The number of aromatic nitrogens is 5. The Morgan fingerprint density at radius 3 is 3.05 bits per heavy atom. The molecule has 0 aliphatic heterocycles. The SMILES string of the molecule is CCOCCNCCn1nnc2c(cnn2C)c1=O. The van der Waals surface area contributed by atoms with Crippen LogP contribution in [0.15, 0.2) is 11.0 Å². The van der Waals surface area contributed by atoms with Crippen molar-refractivity contribution in [3.8, 4) is 0 Å². The summed E-state index contributed by atoms with van der Waals surface area (Å²) < 4.78 is 8.08. The number of ether oxygens (including phenoxy) is 1. The second kappa shape index (κ2) is 6.39. The summed E-state index contributed by atoms with van der Waals surface area (Å²) in [5, 5.41) is 15.6. The van der Waals surface area contributed by atoms with Crippen LogP contribution < -0.4 is 10.9 Å². The molecule has 2 rings (SSSR count). The highest BCUT2D eigenvalue weighted by atomic mass is 16.5. The summed E-state index contributed by atoms with van der Waals surface area (Å²) in [7, 11) is 1.73. The molecule has 2 aromatic rings. The van der Waals surface area contributed by atoms with Crippen molar-refractivity contribution in [1.29, 1.82) is 0 Å². The van der Waals surface area contributed by atoms with Crippen molar-refractivity contribution in [2.24, 2.45) is 7.05 Å². The summed E-state index contributed by atoms with van der Waals surface area (Å²) in [6.07, 6.45) is 1.52. The van der Waals surface area contributed by atoms with E-state index < -0.39 is 0 Å². The molecule has 1 N–H and O–H groups in total. The predicted molar refractivity (Wildman–Crippen MR) is 69.9 cm³/mol. The number of hydrogen-bond acceptors (Lipinski definition) is 6. The molecule has 19 heavy (non-hydrogen) atoms. The Hall–Kier alpha value is -1.80. The molecule has 8 nitrogen and oxygen atoms in total. The maximum atomic E-state index is 12.1. The lowest BCUT2D eigenvalue weighted by Gasteiger charge is -2.05. The molecule has 2 aromatic heterocycles. The second-order valence-electron chi connectivity index (χ2n) is 4.07. The van der Waals surface area contributed by atoms with Gasteiger partial charge in [-0.15, -0.1) is 5.10 Å². The fourth-order valence-electron chi connectivity index (χ4n) is 1.72. The highest BCUT2D eigenvalue weighted by Crippen LogP contribution is 2.01. The summed E-state index contributed by atoms with van der Waals surface area (Å²) in [5.41, 5.74) is 0.343. The van der Waals surface area contributed by atoms with E-state index in [1.165, 1.54) is 15.6 Å². The zero-order chi connectivity index (χ0) is 13.7. The van der Waals surface area contributed by atoms with Crippen LogP contribution in [0, 0.1) is 0 Å². The van der Waals surface area contributed by atoms with Crippen molar-refractivity contribution in [3.05, 3.63) is 16.6 Å². The number of hydrogen-bond donors (Lipinski definition) is 1. The lowest BCUT2D eigenvalue weighted by Crippen LogP contribution is -2.31. The monoisotopic (exact) mass is 266 g/mol. The third kappa shape index (κ3) is 3.15. The van der Waals surface area contributed by atoms with Gasteiger partial charge in [0.05, 0.1) is 19.3 Å². The Morgan fingerprint density at radius 1 is 1.42 bits per heavy atom. The van der Waals surface area contributed by atoms with Gasteiger partial charge in [-0.3, -0.25) is 4.79 Å². The Morgan fingerprint density at radius 2 is 2.26 bits per heavy atom. The molecule has 0 aliphatic rings. The topological polar surface area (TPSA) is 86.9 Å². The zero-order valence-corrected chi connectivity index (χ0v) is 11.2. The average Bonchev–Trinajstić information content (AvgIpc) is 2.78. The fraction of sp³-hybridized carbons (Fsp3) is 0.636. The van der Waals surface area contributed by atoms with Crippen molar-refractivity contribution in [3.63, 3.8) is 0 Å². The molecule has 0 fully saturated rings. The van der Waals surface area contributed by atoms with Crippen molar-refractivity contribution < 1.29 is 4.74 Å². The third-order valence-electron chi connectivity index (χ3n) is 2.75. The highest BCUT2D eigenvalue weighted by Gasteiger charge is 2.08. The largest absolute Gasteiger partial charge is 0.380 e. The van der Waals surface area contributed by atoms with Crippen LogP contribution in [0.3, 0.4) is 0 Å². The molecule has 8 heteroatoms. The van der Waals surface area contributed by atoms with Gasteiger partial charge in [-0.05, 0) is 6.92 Å². The third-order valence-corrected chi connectivity index (χ3v) is 2.75. The van der Waals surface area contributed by atoms with Gasteiger partial charge in [0.1, 0.15) is 5.39 Å². The normalized spacial score (nSPS) is 11.3. The Kier molecular flexibility index (Phi) is 4.58. The summed E-state index contributed by atoms with van der Waals surface area (Å²) >= 11 is 0.